The van der Waals surface area contributed by atoms with Crippen LogP contribution in [0.25, 0.3) is 22.2 Å². The van der Waals surface area contributed by atoms with E-state index in [1.165, 1.54) is 63.4 Å². The maximum atomic E-state index is 15.7. The number of carbonyl (C=O) groups excluding carboxylic acids is 1. The minimum Gasteiger partial charge on any atom is -0.494 e. The van der Waals surface area contributed by atoms with Crippen LogP contribution in [0.2, 0.25) is 0 Å². The predicted octanol–water partition coefficient (Wildman–Crippen LogP) is 6.66. The van der Waals surface area contributed by atoms with Crippen LogP contribution in [0.3, 0.4) is 0 Å². The molecule has 0 radical (unpaired) electrons. The standard InChI is InChI=1S/C32H30F5N3O4/c1-30(2,42)23-15-25(40-28(26(23)34)18-6-8-22(33)9-7-18)31(10-4-5-11-44-31)17-39-29(41)20-12-19-13-21(32(35,36)37)16-38-27(19)24(14-20)43-3/h6-9,12-16,42H,4-5,10-11,17H2,1-3H3,(H,39,41). The first-order valence-electron chi connectivity index (χ1n) is 13.9. The smallest absolute Gasteiger partial charge is 0.417 e. The first-order chi connectivity index (χ1) is 20.7. The van der Waals surface area contributed by atoms with Gasteiger partial charge in [-0.3, -0.25) is 9.78 Å². The molecule has 1 unspecified atom stereocenters. The van der Waals surface area contributed by atoms with Gasteiger partial charge in [0, 0.05) is 34.9 Å². The molecule has 2 N–H and O–H groups in total. The maximum Gasteiger partial charge on any atom is 0.417 e. The van der Waals surface area contributed by atoms with Gasteiger partial charge in [0.25, 0.3) is 5.91 Å². The second-order valence-electron chi connectivity index (χ2n) is 11.2. The number of hydrogen-bond acceptors (Lipinski definition) is 6. The third kappa shape index (κ3) is 6.22. The van der Waals surface area contributed by atoms with E-state index in [4.69, 9.17) is 9.47 Å². The van der Waals surface area contributed by atoms with Crippen molar-refractivity contribution in [3.8, 4) is 17.0 Å². The number of benzene rings is 2. The van der Waals surface area contributed by atoms with Crippen molar-refractivity contribution < 1.29 is 41.3 Å². The number of ether oxygens (including phenoxy) is 2. The van der Waals surface area contributed by atoms with Gasteiger partial charge < -0.3 is 19.9 Å². The Bertz CT molecular complexity index is 1700. The van der Waals surface area contributed by atoms with Crippen molar-refractivity contribution in [1.29, 1.82) is 0 Å². The molecule has 2 aromatic carbocycles. The molecule has 44 heavy (non-hydrogen) atoms. The molecule has 7 nitrogen and oxygen atoms in total. The summed E-state index contributed by atoms with van der Waals surface area (Å²) >= 11 is 0. The maximum absolute atomic E-state index is 15.7. The van der Waals surface area contributed by atoms with E-state index in [1.54, 1.807) is 0 Å². The third-order valence-electron chi connectivity index (χ3n) is 7.65. The zero-order valence-corrected chi connectivity index (χ0v) is 24.2. The molecule has 2 aromatic heterocycles. The molecule has 0 aliphatic carbocycles. The highest BCUT2D eigenvalue weighted by atomic mass is 19.4. The van der Waals surface area contributed by atoms with Gasteiger partial charge in [-0.1, -0.05) is 0 Å². The summed E-state index contributed by atoms with van der Waals surface area (Å²) in [5, 5.41) is 13.7. The highest BCUT2D eigenvalue weighted by molar-refractivity contribution is 6.00. The molecule has 12 heteroatoms. The molecule has 1 atom stereocenters. The molecule has 0 spiro atoms. The van der Waals surface area contributed by atoms with E-state index in [9.17, 15) is 27.5 Å². The molecular weight excluding hydrogens is 585 g/mol. The van der Waals surface area contributed by atoms with Gasteiger partial charge in [-0.2, -0.15) is 13.2 Å². The molecule has 1 fully saturated rings. The second-order valence-corrected chi connectivity index (χ2v) is 11.2. The van der Waals surface area contributed by atoms with E-state index < -0.39 is 40.5 Å². The van der Waals surface area contributed by atoms with Gasteiger partial charge in [0.1, 0.15) is 28.4 Å². The van der Waals surface area contributed by atoms with Crippen LogP contribution in [0.4, 0.5) is 22.0 Å². The number of fused-ring (bicyclic) bond motifs is 1. The molecule has 1 saturated heterocycles. The number of aliphatic hydroxyl groups is 1. The van der Waals surface area contributed by atoms with Gasteiger partial charge in [-0.25, -0.2) is 13.8 Å². The van der Waals surface area contributed by atoms with Crippen molar-refractivity contribution in [3.05, 3.63) is 88.7 Å². The van der Waals surface area contributed by atoms with Crippen molar-refractivity contribution in [2.24, 2.45) is 0 Å². The summed E-state index contributed by atoms with van der Waals surface area (Å²) < 4.78 is 81.0. The van der Waals surface area contributed by atoms with Crippen LogP contribution in [-0.4, -0.2) is 41.2 Å². The van der Waals surface area contributed by atoms with E-state index in [0.717, 1.165) is 12.5 Å². The summed E-state index contributed by atoms with van der Waals surface area (Å²) in [6, 6.07) is 10.1. The van der Waals surface area contributed by atoms with Crippen molar-refractivity contribution in [3.63, 3.8) is 0 Å². The second kappa shape index (κ2) is 11.7. The monoisotopic (exact) mass is 615 g/mol. The molecule has 4 aromatic rings. The molecule has 5 rings (SSSR count). The normalized spacial score (nSPS) is 17.5. The molecule has 3 heterocycles. The van der Waals surface area contributed by atoms with Crippen LogP contribution < -0.4 is 10.1 Å². The Morgan fingerprint density at radius 1 is 1.09 bits per heavy atom. The lowest BCUT2D eigenvalue weighted by Gasteiger charge is -2.38. The number of amides is 1. The Hall–Kier alpha value is -4.16. The highest BCUT2D eigenvalue weighted by Gasteiger charge is 2.40. The van der Waals surface area contributed by atoms with Crippen LogP contribution >= 0.6 is 0 Å². The Balaban J connectivity index is 1.54. The number of rotatable bonds is 7. The Labute approximate surface area is 250 Å². The molecule has 1 aliphatic rings. The number of nitrogens with one attached hydrogen (secondary N) is 1. The van der Waals surface area contributed by atoms with Gasteiger partial charge in [-0.05, 0) is 81.6 Å². The molecular formula is C32H30F5N3O4. The molecule has 232 valence electrons. The van der Waals surface area contributed by atoms with E-state index in [0.29, 0.717) is 25.6 Å². The number of hydrogen-bond donors (Lipinski definition) is 2. The van der Waals surface area contributed by atoms with E-state index in [1.807, 2.05) is 0 Å². The molecule has 1 amide bonds. The number of alkyl halides is 3. The van der Waals surface area contributed by atoms with E-state index in [2.05, 4.69) is 15.3 Å². The minimum absolute atomic E-state index is 0.0256. The summed E-state index contributed by atoms with van der Waals surface area (Å²) in [5.41, 5.74) is -3.29. The average Bonchev–Trinajstić information content (AvgIpc) is 2.99. The van der Waals surface area contributed by atoms with Gasteiger partial charge in [0.15, 0.2) is 5.82 Å². The number of methoxy groups -OCH3 is 1. The van der Waals surface area contributed by atoms with Crippen molar-refractivity contribution in [2.45, 2.75) is 50.5 Å². The SMILES string of the molecule is COc1cc(C(=O)NCC2(c3cc(C(C)(C)O)c(F)c(-c4ccc(F)cc4)n3)CCCCO2)cc2cc(C(F)(F)F)cnc12. The number of aromatic nitrogens is 2. The first kappa shape index (κ1) is 31.3. The molecule has 1 aliphatic heterocycles. The Morgan fingerprint density at radius 3 is 2.43 bits per heavy atom. The van der Waals surface area contributed by atoms with Crippen molar-refractivity contribution in [1.82, 2.24) is 15.3 Å². The fourth-order valence-electron chi connectivity index (χ4n) is 5.27. The van der Waals surface area contributed by atoms with Crippen LogP contribution in [0.5, 0.6) is 5.75 Å². The summed E-state index contributed by atoms with van der Waals surface area (Å²) in [4.78, 5) is 21.9. The van der Waals surface area contributed by atoms with Gasteiger partial charge in [0.05, 0.1) is 30.5 Å². The third-order valence-corrected chi connectivity index (χ3v) is 7.65. The lowest BCUT2D eigenvalue weighted by atomic mass is 9.86. The number of carbonyl (C=O) groups is 1. The van der Waals surface area contributed by atoms with Gasteiger partial charge in [0.2, 0.25) is 0 Å². The first-order valence-corrected chi connectivity index (χ1v) is 13.9. The molecule has 0 saturated carbocycles. The number of halogens is 5. The average molecular weight is 616 g/mol. The van der Waals surface area contributed by atoms with Gasteiger partial charge >= 0.3 is 6.18 Å². The summed E-state index contributed by atoms with van der Waals surface area (Å²) in [7, 11) is 1.32. The largest absolute Gasteiger partial charge is 0.494 e. The fraction of sp³-hybridized carbons (Fsp3) is 0.344. The zero-order valence-electron chi connectivity index (χ0n) is 24.2. The topological polar surface area (TPSA) is 93.6 Å². The van der Waals surface area contributed by atoms with Crippen LogP contribution in [-0.2, 0) is 22.1 Å². The van der Waals surface area contributed by atoms with Crippen LogP contribution in [0, 0.1) is 11.6 Å². The van der Waals surface area contributed by atoms with Crippen molar-refractivity contribution in [2.75, 3.05) is 20.3 Å². The molecule has 0 bridgehead atoms. The van der Waals surface area contributed by atoms with Gasteiger partial charge in [-0.15, -0.1) is 0 Å². The fourth-order valence-corrected chi connectivity index (χ4v) is 5.27. The van der Waals surface area contributed by atoms with Crippen LogP contribution in [0.15, 0.2) is 54.7 Å². The summed E-state index contributed by atoms with van der Waals surface area (Å²) in [6.07, 6.45) is -2.12. The van der Waals surface area contributed by atoms with E-state index in [-0.39, 0.29) is 51.3 Å². The quantitative estimate of drug-likeness (QED) is 0.226. The van der Waals surface area contributed by atoms with E-state index >= 15 is 4.39 Å². The number of nitrogens with zero attached hydrogens (tertiary/aromatic N) is 2. The number of pyridine rings is 2. The highest BCUT2D eigenvalue weighted by Crippen LogP contribution is 2.39. The Morgan fingerprint density at radius 2 is 1.82 bits per heavy atom. The van der Waals surface area contributed by atoms with Crippen molar-refractivity contribution >= 4 is 16.8 Å². The predicted molar refractivity (Wildman–Crippen MR) is 152 cm³/mol. The lowest BCUT2D eigenvalue weighted by molar-refractivity contribution is -0.137. The minimum atomic E-state index is -4.63. The Kier molecular flexibility index (Phi) is 8.34. The zero-order chi connectivity index (χ0) is 31.9. The van der Waals surface area contributed by atoms with Crippen LogP contribution in [0.1, 0.15) is 60.3 Å². The summed E-state index contributed by atoms with van der Waals surface area (Å²) in [5.74, 6) is -1.81. The summed E-state index contributed by atoms with van der Waals surface area (Å²) in [6.45, 7) is 3.03. The lowest BCUT2D eigenvalue weighted by Crippen LogP contribution is -2.45.